The summed E-state index contributed by atoms with van der Waals surface area (Å²) in [4.78, 5) is 26.5. The van der Waals surface area contributed by atoms with Crippen LogP contribution in [0.4, 0.5) is 0 Å². The van der Waals surface area contributed by atoms with Gasteiger partial charge in [0, 0.05) is 26.2 Å². The Morgan fingerprint density at radius 1 is 1.19 bits per heavy atom. The van der Waals surface area contributed by atoms with Crippen molar-refractivity contribution in [2.24, 2.45) is 5.92 Å². The van der Waals surface area contributed by atoms with Crippen LogP contribution in [0.15, 0.2) is 29.2 Å². The van der Waals surface area contributed by atoms with Crippen molar-refractivity contribution in [1.82, 2.24) is 14.5 Å². The lowest BCUT2D eigenvalue weighted by atomic mass is 9.97. The highest BCUT2D eigenvalue weighted by Crippen LogP contribution is 2.26. The molecule has 1 N–H and O–H groups in total. The summed E-state index contributed by atoms with van der Waals surface area (Å²) < 4.78 is 27.2. The molecule has 0 aliphatic carbocycles. The van der Waals surface area contributed by atoms with Gasteiger partial charge in [-0.15, -0.1) is 0 Å². The van der Waals surface area contributed by atoms with Gasteiger partial charge in [0.1, 0.15) is 6.04 Å². The summed E-state index contributed by atoms with van der Waals surface area (Å²) in [5.74, 6) is -0.696. The third kappa shape index (κ3) is 3.61. The van der Waals surface area contributed by atoms with E-state index in [0.29, 0.717) is 32.5 Å². The number of piperazine rings is 1. The Morgan fingerprint density at radius 3 is 2.58 bits per heavy atom. The van der Waals surface area contributed by atoms with Crippen molar-refractivity contribution in [2.75, 3.05) is 26.2 Å². The van der Waals surface area contributed by atoms with Crippen LogP contribution >= 0.6 is 0 Å². The number of hydrogen-bond donors (Lipinski definition) is 1. The van der Waals surface area contributed by atoms with Gasteiger partial charge in [0.15, 0.2) is 0 Å². The van der Waals surface area contributed by atoms with E-state index in [-0.39, 0.29) is 23.3 Å². The van der Waals surface area contributed by atoms with Crippen LogP contribution in [-0.4, -0.2) is 61.7 Å². The van der Waals surface area contributed by atoms with E-state index in [4.69, 9.17) is 0 Å². The monoisotopic (exact) mass is 379 g/mol. The molecule has 2 amide bonds. The standard InChI is InChI=1S/C18H25N3O4S/c1-13-5-7-16(8-6-13)26(24,25)20-10-3-4-15(12-20)18(23)21-11-9-19-17(22)14(21)2/h5-8,14-15H,3-4,9-12H2,1-2H3,(H,19,22)/t14-,15+/m0/s1. The van der Waals surface area contributed by atoms with Crippen molar-refractivity contribution in [3.05, 3.63) is 29.8 Å². The number of amides is 2. The number of hydrogen-bond acceptors (Lipinski definition) is 4. The fourth-order valence-electron chi connectivity index (χ4n) is 3.54. The van der Waals surface area contributed by atoms with E-state index < -0.39 is 22.0 Å². The summed E-state index contributed by atoms with van der Waals surface area (Å²) in [6, 6.07) is 6.24. The van der Waals surface area contributed by atoms with E-state index in [2.05, 4.69) is 5.32 Å². The van der Waals surface area contributed by atoms with E-state index in [1.54, 1.807) is 36.1 Å². The van der Waals surface area contributed by atoms with Crippen LogP contribution < -0.4 is 5.32 Å². The average Bonchev–Trinajstić information content (AvgIpc) is 2.64. The van der Waals surface area contributed by atoms with Gasteiger partial charge in [-0.1, -0.05) is 17.7 Å². The molecule has 0 spiro atoms. The molecule has 2 heterocycles. The maximum Gasteiger partial charge on any atom is 0.243 e. The van der Waals surface area contributed by atoms with Gasteiger partial charge in [-0.3, -0.25) is 9.59 Å². The van der Waals surface area contributed by atoms with E-state index in [9.17, 15) is 18.0 Å². The molecule has 7 nitrogen and oxygen atoms in total. The predicted molar refractivity (Wildman–Crippen MR) is 96.8 cm³/mol. The summed E-state index contributed by atoms with van der Waals surface area (Å²) in [6.45, 7) is 5.09. The Hall–Kier alpha value is -1.93. The highest BCUT2D eigenvalue weighted by molar-refractivity contribution is 7.89. The first-order valence-corrected chi connectivity index (χ1v) is 10.4. The van der Waals surface area contributed by atoms with Crippen LogP contribution in [0, 0.1) is 12.8 Å². The molecule has 2 fully saturated rings. The van der Waals surface area contributed by atoms with Crippen molar-refractivity contribution in [2.45, 2.75) is 37.6 Å². The Morgan fingerprint density at radius 2 is 1.88 bits per heavy atom. The molecule has 26 heavy (non-hydrogen) atoms. The zero-order chi connectivity index (χ0) is 18.9. The Bertz CT molecular complexity index is 791. The fraction of sp³-hybridized carbons (Fsp3) is 0.556. The third-order valence-corrected chi connectivity index (χ3v) is 7.05. The second-order valence-electron chi connectivity index (χ2n) is 7.01. The van der Waals surface area contributed by atoms with Crippen LogP contribution in [0.2, 0.25) is 0 Å². The minimum absolute atomic E-state index is 0.129. The molecule has 8 heteroatoms. The first kappa shape index (κ1) is 18.8. The third-order valence-electron chi connectivity index (χ3n) is 5.17. The molecular formula is C18H25N3O4S. The number of carbonyl (C=O) groups excluding carboxylic acids is 2. The average molecular weight is 379 g/mol. The molecular weight excluding hydrogens is 354 g/mol. The summed E-state index contributed by atoms with van der Waals surface area (Å²) in [5.41, 5.74) is 0.994. The van der Waals surface area contributed by atoms with Crippen molar-refractivity contribution in [3.63, 3.8) is 0 Å². The smallest absolute Gasteiger partial charge is 0.243 e. The highest BCUT2D eigenvalue weighted by Gasteiger charge is 2.38. The molecule has 0 bridgehead atoms. The molecule has 0 aromatic heterocycles. The van der Waals surface area contributed by atoms with Gasteiger partial charge in [-0.2, -0.15) is 4.31 Å². The molecule has 3 rings (SSSR count). The minimum atomic E-state index is -3.62. The molecule has 1 aromatic carbocycles. The lowest BCUT2D eigenvalue weighted by molar-refractivity contribution is -0.146. The van der Waals surface area contributed by atoms with E-state index >= 15 is 0 Å². The lowest BCUT2D eigenvalue weighted by Crippen LogP contribution is -2.58. The molecule has 0 saturated carbocycles. The Kier molecular flexibility index (Phi) is 5.34. The van der Waals surface area contributed by atoms with E-state index in [1.165, 1.54) is 4.31 Å². The van der Waals surface area contributed by atoms with Crippen LogP contribution in [0.3, 0.4) is 0 Å². The van der Waals surface area contributed by atoms with Gasteiger partial charge in [0.25, 0.3) is 0 Å². The van der Waals surface area contributed by atoms with Crippen molar-refractivity contribution >= 4 is 21.8 Å². The van der Waals surface area contributed by atoms with Crippen molar-refractivity contribution in [3.8, 4) is 0 Å². The van der Waals surface area contributed by atoms with E-state index in [0.717, 1.165) is 5.56 Å². The molecule has 0 unspecified atom stereocenters. The Labute approximate surface area is 154 Å². The van der Waals surface area contributed by atoms with Crippen LogP contribution in [0.25, 0.3) is 0 Å². The number of rotatable bonds is 3. The molecule has 1 aromatic rings. The highest BCUT2D eigenvalue weighted by atomic mass is 32.2. The normalized spacial score (nSPS) is 25.0. The molecule has 142 valence electrons. The van der Waals surface area contributed by atoms with Gasteiger partial charge in [0.2, 0.25) is 21.8 Å². The van der Waals surface area contributed by atoms with Crippen LogP contribution in [0.1, 0.15) is 25.3 Å². The Balaban J connectivity index is 1.75. The van der Waals surface area contributed by atoms with Gasteiger partial charge in [-0.25, -0.2) is 8.42 Å². The quantitative estimate of drug-likeness (QED) is 0.839. The van der Waals surface area contributed by atoms with Gasteiger partial charge >= 0.3 is 0 Å². The molecule has 2 saturated heterocycles. The molecule has 2 aliphatic rings. The number of benzene rings is 1. The second-order valence-corrected chi connectivity index (χ2v) is 8.95. The maximum atomic E-state index is 12.9. The van der Waals surface area contributed by atoms with Crippen molar-refractivity contribution in [1.29, 1.82) is 0 Å². The van der Waals surface area contributed by atoms with Gasteiger partial charge in [0.05, 0.1) is 10.8 Å². The number of aryl methyl sites for hydroxylation is 1. The van der Waals surface area contributed by atoms with Crippen LogP contribution in [-0.2, 0) is 19.6 Å². The summed E-state index contributed by atoms with van der Waals surface area (Å²) >= 11 is 0. The molecule has 0 radical (unpaired) electrons. The first-order chi connectivity index (χ1) is 12.3. The number of carbonyl (C=O) groups is 2. The summed E-state index contributed by atoms with van der Waals surface area (Å²) in [5, 5.41) is 2.74. The zero-order valence-corrected chi connectivity index (χ0v) is 16.0. The van der Waals surface area contributed by atoms with Gasteiger partial charge < -0.3 is 10.2 Å². The summed E-state index contributed by atoms with van der Waals surface area (Å²) in [6.07, 6.45) is 1.28. The second kappa shape index (κ2) is 7.36. The predicted octanol–water partition coefficient (Wildman–Crippen LogP) is 0.743. The van der Waals surface area contributed by atoms with Gasteiger partial charge in [-0.05, 0) is 38.8 Å². The minimum Gasteiger partial charge on any atom is -0.353 e. The van der Waals surface area contributed by atoms with E-state index in [1.807, 2.05) is 6.92 Å². The molecule has 2 atom stereocenters. The SMILES string of the molecule is Cc1ccc(S(=O)(=O)N2CCC[C@@H](C(=O)N3CCNC(=O)[C@@H]3C)C2)cc1. The largest absolute Gasteiger partial charge is 0.353 e. The molecule has 2 aliphatic heterocycles. The fourth-order valence-corrected chi connectivity index (χ4v) is 5.06. The van der Waals surface area contributed by atoms with Crippen molar-refractivity contribution < 1.29 is 18.0 Å². The number of sulfonamides is 1. The maximum absolute atomic E-state index is 12.9. The van der Waals surface area contributed by atoms with Crippen LogP contribution in [0.5, 0.6) is 0 Å². The topological polar surface area (TPSA) is 86.8 Å². The first-order valence-electron chi connectivity index (χ1n) is 8.95. The number of nitrogens with one attached hydrogen (secondary N) is 1. The summed E-state index contributed by atoms with van der Waals surface area (Å²) in [7, 11) is -3.62. The number of nitrogens with zero attached hydrogens (tertiary/aromatic N) is 2. The lowest BCUT2D eigenvalue weighted by Gasteiger charge is -2.38. The number of piperidine rings is 1. The zero-order valence-electron chi connectivity index (χ0n) is 15.1.